The van der Waals surface area contributed by atoms with Gasteiger partial charge in [0.1, 0.15) is 0 Å². The molecule has 7 aromatic carbocycles. The van der Waals surface area contributed by atoms with E-state index in [9.17, 15) is 5.26 Å². The van der Waals surface area contributed by atoms with E-state index in [1.54, 1.807) is 0 Å². The number of nitriles is 1. The summed E-state index contributed by atoms with van der Waals surface area (Å²) in [5.41, 5.74) is 9.40. The predicted octanol–water partition coefficient (Wildman–Crippen LogP) is 11.0. The molecule has 0 bridgehead atoms. The molecular weight excluding hydrogens is 653 g/mol. The molecule has 0 unspecified atom stereocenters. The van der Waals surface area contributed by atoms with Gasteiger partial charge in [-0.05, 0) is 0 Å². The Morgan fingerprint density at radius 1 is 0.438 bits per heavy atom. The molecule has 0 aliphatic rings. The molecule has 0 spiro atoms. The molecule has 0 fully saturated rings. The van der Waals surface area contributed by atoms with E-state index >= 15 is 0 Å². The van der Waals surface area contributed by atoms with Gasteiger partial charge < -0.3 is 0 Å². The standard InChI is InChI=1S/C43H23N3OSe/c44-24-25-13-16-38-31(19-25)28-7-1-4-10-36(28)45(38)26-14-17-42-34(20-26)35-21-27(15-18-43(35)48-42)46-37-11-5-2-8-29(37)32-23-41-33(22-39(32)46)30-9-3-6-12-40(30)47-41/h1-23H. The number of rotatable bonds is 2. The first-order chi connectivity index (χ1) is 23.7. The number of nitrogens with zero attached hydrogens (tertiary/aromatic N) is 3. The van der Waals surface area contributed by atoms with Crippen LogP contribution in [-0.4, -0.2) is 23.6 Å². The van der Waals surface area contributed by atoms with E-state index in [-0.39, 0.29) is 14.5 Å². The van der Waals surface area contributed by atoms with Gasteiger partial charge in [-0.3, -0.25) is 0 Å². The SMILES string of the molecule is N#Cc1ccc2c(c1)c1ccccc1n2-c1ccc2[se]c3ccc(-n4c5ccccc5c5cc6oc7ccccc7c6cc54)cc3c2c1. The van der Waals surface area contributed by atoms with Gasteiger partial charge in [0.25, 0.3) is 0 Å². The summed E-state index contributed by atoms with van der Waals surface area (Å²) in [5, 5.41) is 19.2. The van der Waals surface area contributed by atoms with Crippen molar-refractivity contribution in [2.24, 2.45) is 0 Å². The van der Waals surface area contributed by atoms with Crippen molar-refractivity contribution in [1.29, 1.82) is 5.26 Å². The number of hydrogen-bond acceptors (Lipinski definition) is 2. The summed E-state index contributed by atoms with van der Waals surface area (Å²) < 4.78 is 13.9. The van der Waals surface area contributed by atoms with Crippen LogP contribution in [-0.2, 0) is 0 Å². The van der Waals surface area contributed by atoms with Crippen LogP contribution in [0.3, 0.4) is 0 Å². The zero-order valence-electron chi connectivity index (χ0n) is 25.4. The molecule has 4 heterocycles. The predicted molar refractivity (Wildman–Crippen MR) is 199 cm³/mol. The quantitative estimate of drug-likeness (QED) is 0.171. The van der Waals surface area contributed by atoms with E-state index in [4.69, 9.17) is 4.42 Å². The van der Waals surface area contributed by atoms with Crippen molar-refractivity contribution >= 4 is 99.3 Å². The molecule has 0 aliphatic heterocycles. The third-order valence-corrected chi connectivity index (χ3v) is 12.3. The van der Waals surface area contributed by atoms with Gasteiger partial charge in [0.15, 0.2) is 0 Å². The average molecular weight is 677 g/mol. The molecule has 0 aliphatic carbocycles. The second-order valence-electron chi connectivity index (χ2n) is 12.5. The maximum atomic E-state index is 9.62. The van der Waals surface area contributed by atoms with E-state index in [2.05, 4.69) is 130 Å². The molecule has 11 rings (SSSR count). The van der Waals surface area contributed by atoms with Gasteiger partial charge in [0, 0.05) is 0 Å². The van der Waals surface area contributed by atoms with Crippen LogP contribution in [0.4, 0.5) is 0 Å². The summed E-state index contributed by atoms with van der Waals surface area (Å²) in [6.07, 6.45) is 0. The molecular formula is C43H23N3OSe. The molecule has 5 heteroatoms. The van der Waals surface area contributed by atoms with Gasteiger partial charge >= 0.3 is 281 Å². The minimum absolute atomic E-state index is 0.229. The van der Waals surface area contributed by atoms with Gasteiger partial charge in [-0.2, -0.15) is 0 Å². The number of furan rings is 1. The van der Waals surface area contributed by atoms with Crippen molar-refractivity contribution in [3.05, 3.63) is 145 Å². The fourth-order valence-electron chi connectivity index (χ4n) is 7.82. The Morgan fingerprint density at radius 3 is 1.71 bits per heavy atom. The molecule has 0 radical (unpaired) electrons. The molecule has 11 aromatic rings. The van der Waals surface area contributed by atoms with Gasteiger partial charge in [-0.15, -0.1) is 0 Å². The normalized spacial score (nSPS) is 12.1. The van der Waals surface area contributed by atoms with Crippen LogP contribution in [0.1, 0.15) is 5.56 Å². The first-order valence-corrected chi connectivity index (χ1v) is 17.7. The first-order valence-electron chi connectivity index (χ1n) is 16.0. The first kappa shape index (κ1) is 26.1. The molecule has 4 nitrogen and oxygen atoms in total. The van der Waals surface area contributed by atoms with Crippen molar-refractivity contribution in [3.8, 4) is 17.4 Å². The Bertz CT molecular complexity index is 3200. The Morgan fingerprint density at radius 2 is 1.02 bits per heavy atom. The number of para-hydroxylation sites is 3. The van der Waals surface area contributed by atoms with Gasteiger partial charge in [0.05, 0.1) is 0 Å². The summed E-state index contributed by atoms with van der Waals surface area (Å²) in [5.74, 6) is 0. The molecule has 0 atom stereocenters. The Kier molecular flexibility index (Phi) is 5.16. The molecule has 0 N–H and O–H groups in total. The zero-order valence-corrected chi connectivity index (χ0v) is 27.2. The molecule has 222 valence electrons. The second-order valence-corrected chi connectivity index (χ2v) is 14.7. The van der Waals surface area contributed by atoms with E-state index in [0.29, 0.717) is 5.56 Å². The average Bonchev–Trinajstić information content (AvgIpc) is 3.87. The van der Waals surface area contributed by atoms with Crippen LogP contribution in [0.5, 0.6) is 0 Å². The fourth-order valence-corrected chi connectivity index (χ4v) is 10.1. The van der Waals surface area contributed by atoms with E-state index in [0.717, 1.165) is 55.1 Å². The van der Waals surface area contributed by atoms with Gasteiger partial charge in [0.2, 0.25) is 0 Å². The molecule has 0 saturated carbocycles. The Labute approximate surface area is 279 Å². The summed E-state index contributed by atoms with van der Waals surface area (Å²) in [6.45, 7) is 0. The number of hydrogen-bond donors (Lipinski definition) is 0. The third kappa shape index (κ3) is 3.48. The molecule has 0 saturated heterocycles. The van der Waals surface area contributed by atoms with Crippen molar-refractivity contribution in [3.63, 3.8) is 0 Å². The Hall–Kier alpha value is -6.05. The van der Waals surface area contributed by atoms with Crippen LogP contribution < -0.4 is 0 Å². The number of aromatic nitrogens is 2. The van der Waals surface area contributed by atoms with Crippen LogP contribution in [0.25, 0.3) is 96.2 Å². The molecule has 4 aromatic heterocycles. The minimum atomic E-state index is 0.229. The van der Waals surface area contributed by atoms with Gasteiger partial charge in [-0.1, -0.05) is 0 Å². The molecule has 0 amide bonds. The zero-order chi connectivity index (χ0) is 31.5. The summed E-state index contributed by atoms with van der Waals surface area (Å²) >= 11 is 0.229. The number of benzene rings is 7. The van der Waals surface area contributed by atoms with Crippen LogP contribution in [0.2, 0.25) is 0 Å². The second kappa shape index (κ2) is 9.50. The van der Waals surface area contributed by atoms with Crippen LogP contribution in [0, 0.1) is 11.3 Å². The van der Waals surface area contributed by atoms with Crippen molar-refractivity contribution in [2.45, 2.75) is 0 Å². The van der Waals surface area contributed by atoms with Gasteiger partial charge in [-0.25, -0.2) is 0 Å². The van der Waals surface area contributed by atoms with Crippen molar-refractivity contribution in [2.75, 3.05) is 0 Å². The van der Waals surface area contributed by atoms with Crippen LogP contribution in [0.15, 0.2) is 144 Å². The topological polar surface area (TPSA) is 46.8 Å². The summed E-state index contributed by atoms with van der Waals surface area (Å²) in [4.78, 5) is 0. The summed E-state index contributed by atoms with van der Waals surface area (Å²) in [7, 11) is 0. The third-order valence-electron chi connectivity index (χ3n) is 9.93. The fraction of sp³-hybridized carbons (Fsp3) is 0. The van der Waals surface area contributed by atoms with Crippen LogP contribution >= 0.6 is 0 Å². The Balaban J connectivity index is 1.17. The molecule has 48 heavy (non-hydrogen) atoms. The van der Waals surface area contributed by atoms with E-state index in [1.807, 2.05) is 24.3 Å². The monoisotopic (exact) mass is 677 g/mol. The van der Waals surface area contributed by atoms with Crippen molar-refractivity contribution < 1.29 is 4.42 Å². The summed E-state index contributed by atoms with van der Waals surface area (Å²) in [6, 6.07) is 52.3. The van der Waals surface area contributed by atoms with Crippen molar-refractivity contribution in [1.82, 2.24) is 9.13 Å². The van der Waals surface area contributed by atoms with E-state index in [1.165, 1.54) is 41.1 Å². The number of fused-ring (bicyclic) bond motifs is 12. The maximum absolute atomic E-state index is 9.62. The van der Waals surface area contributed by atoms with E-state index < -0.39 is 0 Å².